The molecule has 0 spiro atoms. The van der Waals surface area contributed by atoms with Gasteiger partial charge in [-0.2, -0.15) is 5.26 Å². The highest BCUT2D eigenvalue weighted by atomic mass is 32.2. The zero-order valence-electron chi connectivity index (χ0n) is 18.3. The lowest BCUT2D eigenvalue weighted by molar-refractivity contribution is -0.115. The van der Waals surface area contributed by atoms with Crippen LogP contribution in [0.2, 0.25) is 0 Å². The van der Waals surface area contributed by atoms with Crippen LogP contribution < -0.4 is 10.5 Å². The van der Waals surface area contributed by atoms with Crippen molar-refractivity contribution >= 4 is 32.3 Å². The molecule has 7 nitrogen and oxygen atoms in total. The van der Waals surface area contributed by atoms with Crippen molar-refractivity contribution in [3.8, 4) is 6.07 Å². The number of benzene rings is 1. The van der Waals surface area contributed by atoms with Gasteiger partial charge in [0.05, 0.1) is 12.0 Å². The minimum Gasteiger partial charge on any atom is -0.316 e. The second-order valence-electron chi connectivity index (χ2n) is 8.84. The van der Waals surface area contributed by atoms with Crippen molar-refractivity contribution in [2.45, 2.75) is 56.4 Å². The second kappa shape index (κ2) is 9.89. The lowest BCUT2D eigenvalue weighted by Gasteiger charge is -2.32. The maximum Gasteiger partial charge on any atom is 0.240 e. The molecule has 4 rings (SSSR count). The Kier molecular flexibility index (Phi) is 7.14. The summed E-state index contributed by atoms with van der Waals surface area (Å²) in [6.07, 6.45) is 7.19. The van der Waals surface area contributed by atoms with Gasteiger partial charge in [0.2, 0.25) is 15.9 Å². The van der Waals surface area contributed by atoms with Gasteiger partial charge in [-0.05, 0) is 42.9 Å². The average molecular weight is 491 g/mol. The fourth-order valence-electron chi connectivity index (χ4n) is 4.78. The first kappa shape index (κ1) is 23.8. The molecular formula is C23H27FN4O3S2. The molecule has 33 heavy (non-hydrogen) atoms. The van der Waals surface area contributed by atoms with E-state index in [4.69, 9.17) is 5.14 Å². The minimum absolute atomic E-state index is 0.150. The van der Waals surface area contributed by atoms with Crippen molar-refractivity contribution in [3.63, 3.8) is 0 Å². The maximum atomic E-state index is 14.1. The predicted octanol–water partition coefficient (Wildman–Crippen LogP) is 3.53. The molecular weight excluding hydrogens is 463 g/mol. The normalized spacial score (nSPS) is 17.4. The number of halogens is 1. The van der Waals surface area contributed by atoms with E-state index in [0.29, 0.717) is 16.1 Å². The number of thiophene rings is 1. The molecule has 1 amide bonds. The molecule has 2 aromatic rings. The van der Waals surface area contributed by atoms with Crippen molar-refractivity contribution < 1.29 is 17.6 Å². The maximum absolute atomic E-state index is 14.1. The molecule has 1 aromatic heterocycles. The number of hydrogen-bond acceptors (Lipinski definition) is 6. The number of rotatable bonds is 6. The summed E-state index contributed by atoms with van der Waals surface area (Å²) in [6, 6.07) is 5.66. The summed E-state index contributed by atoms with van der Waals surface area (Å²) in [5, 5.41) is 18.1. The molecule has 1 fully saturated rings. The lowest BCUT2D eigenvalue weighted by atomic mass is 9.88. The van der Waals surface area contributed by atoms with E-state index in [1.54, 1.807) is 0 Å². The van der Waals surface area contributed by atoms with Crippen molar-refractivity contribution in [3.05, 3.63) is 45.6 Å². The Morgan fingerprint density at radius 3 is 2.73 bits per heavy atom. The van der Waals surface area contributed by atoms with E-state index >= 15 is 0 Å². The standard InChI is InChI=1S/C23H27FN4O3S2/c24-19-10-16(6-7-21(19)33(26,30)31)11-22(29)27-23-17(12-25)18-14-28(9-8-20(18)32-23)13-15-4-2-1-3-5-15/h6-7,10,15H,1-5,8-9,11,13-14H2,(H,27,29)(H2,26,30,31). The van der Waals surface area contributed by atoms with Crippen LogP contribution in [0.5, 0.6) is 0 Å². The third-order valence-corrected chi connectivity index (χ3v) is 8.55. The van der Waals surface area contributed by atoms with Gasteiger partial charge in [-0.1, -0.05) is 25.3 Å². The van der Waals surface area contributed by atoms with Crippen LogP contribution in [0.3, 0.4) is 0 Å². The number of nitriles is 1. The van der Waals surface area contributed by atoms with Crippen molar-refractivity contribution in [2.75, 3.05) is 18.4 Å². The van der Waals surface area contributed by atoms with E-state index in [2.05, 4.69) is 16.3 Å². The topological polar surface area (TPSA) is 116 Å². The summed E-state index contributed by atoms with van der Waals surface area (Å²) >= 11 is 1.43. The van der Waals surface area contributed by atoms with Crippen LogP contribution in [0.1, 0.15) is 53.7 Å². The number of carbonyl (C=O) groups is 1. The van der Waals surface area contributed by atoms with E-state index in [9.17, 15) is 22.9 Å². The van der Waals surface area contributed by atoms with Gasteiger partial charge in [0, 0.05) is 30.1 Å². The number of anilines is 1. The van der Waals surface area contributed by atoms with Crippen LogP contribution in [0.4, 0.5) is 9.39 Å². The van der Waals surface area contributed by atoms with Crippen molar-refractivity contribution in [2.24, 2.45) is 11.1 Å². The highest BCUT2D eigenvalue weighted by Gasteiger charge is 2.27. The van der Waals surface area contributed by atoms with Gasteiger partial charge >= 0.3 is 0 Å². The number of nitrogens with zero attached hydrogens (tertiary/aromatic N) is 2. The lowest BCUT2D eigenvalue weighted by Crippen LogP contribution is -2.34. The van der Waals surface area contributed by atoms with Crippen LogP contribution >= 0.6 is 11.3 Å². The average Bonchev–Trinajstić information content (AvgIpc) is 3.09. The number of nitrogens with one attached hydrogen (secondary N) is 1. The van der Waals surface area contributed by atoms with Gasteiger partial charge in [0.1, 0.15) is 21.8 Å². The van der Waals surface area contributed by atoms with Gasteiger partial charge in [0.25, 0.3) is 0 Å². The predicted molar refractivity (Wildman–Crippen MR) is 125 cm³/mol. The summed E-state index contributed by atoms with van der Waals surface area (Å²) in [5.74, 6) is -0.665. The van der Waals surface area contributed by atoms with Gasteiger partial charge in [-0.15, -0.1) is 11.3 Å². The number of carbonyl (C=O) groups excluding carboxylic acids is 1. The Hall–Kier alpha value is -2.32. The summed E-state index contributed by atoms with van der Waals surface area (Å²) in [6.45, 7) is 2.74. The molecule has 1 aliphatic carbocycles. The molecule has 1 aliphatic heterocycles. The Morgan fingerprint density at radius 2 is 2.06 bits per heavy atom. The van der Waals surface area contributed by atoms with Gasteiger partial charge in [-0.25, -0.2) is 17.9 Å². The molecule has 2 aliphatic rings. The SMILES string of the molecule is N#Cc1c(NC(=O)Cc2ccc(S(N)(=O)=O)c(F)c2)sc2c1CN(CC1CCCCC1)CC2. The quantitative estimate of drug-likeness (QED) is 0.643. The number of nitrogens with two attached hydrogens (primary N) is 1. The monoisotopic (exact) mass is 490 g/mol. The van der Waals surface area contributed by atoms with E-state index in [1.165, 1.54) is 49.5 Å². The van der Waals surface area contributed by atoms with E-state index in [0.717, 1.165) is 54.5 Å². The highest BCUT2D eigenvalue weighted by Crippen LogP contribution is 2.37. The molecule has 0 radical (unpaired) electrons. The number of amides is 1. The number of primary sulfonamides is 1. The van der Waals surface area contributed by atoms with Crippen molar-refractivity contribution in [1.29, 1.82) is 5.26 Å². The molecule has 0 bridgehead atoms. The fourth-order valence-corrected chi connectivity index (χ4v) is 6.54. The summed E-state index contributed by atoms with van der Waals surface area (Å²) in [4.78, 5) is 15.5. The molecule has 176 valence electrons. The molecule has 10 heteroatoms. The van der Waals surface area contributed by atoms with Crippen LogP contribution in [-0.2, 0) is 34.2 Å². The molecule has 0 atom stereocenters. The van der Waals surface area contributed by atoms with E-state index in [-0.39, 0.29) is 6.42 Å². The highest BCUT2D eigenvalue weighted by molar-refractivity contribution is 7.89. The van der Waals surface area contributed by atoms with Crippen LogP contribution in [0.25, 0.3) is 0 Å². The van der Waals surface area contributed by atoms with Crippen LogP contribution in [0.15, 0.2) is 23.1 Å². The largest absolute Gasteiger partial charge is 0.316 e. The first-order chi connectivity index (χ1) is 15.7. The molecule has 2 heterocycles. The zero-order valence-corrected chi connectivity index (χ0v) is 19.9. The Balaban J connectivity index is 1.43. The Bertz CT molecular complexity index is 1200. The second-order valence-corrected chi connectivity index (χ2v) is 11.5. The summed E-state index contributed by atoms with van der Waals surface area (Å²) in [5.41, 5.74) is 1.83. The fraction of sp³-hybridized carbons (Fsp3) is 0.478. The zero-order chi connectivity index (χ0) is 23.6. The van der Waals surface area contributed by atoms with Crippen LogP contribution in [-0.4, -0.2) is 32.3 Å². The first-order valence-corrected chi connectivity index (χ1v) is 13.5. The number of sulfonamides is 1. The Morgan fingerprint density at radius 1 is 1.30 bits per heavy atom. The van der Waals surface area contributed by atoms with Crippen molar-refractivity contribution in [1.82, 2.24) is 4.90 Å². The summed E-state index contributed by atoms with van der Waals surface area (Å²) in [7, 11) is -4.17. The molecule has 1 saturated carbocycles. The summed E-state index contributed by atoms with van der Waals surface area (Å²) < 4.78 is 36.8. The first-order valence-electron chi connectivity index (χ1n) is 11.1. The molecule has 0 saturated heterocycles. The van der Waals surface area contributed by atoms with Gasteiger partial charge in [0.15, 0.2) is 0 Å². The molecule has 1 aromatic carbocycles. The van der Waals surface area contributed by atoms with Gasteiger partial charge < -0.3 is 5.32 Å². The Labute approximate surface area is 197 Å². The third kappa shape index (κ3) is 5.61. The molecule has 0 unspecified atom stereocenters. The smallest absolute Gasteiger partial charge is 0.240 e. The minimum atomic E-state index is -4.17. The molecule has 3 N–H and O–H groups in total. The van der Waals surface area contributed by atoms with Gasteiger partial charge in [-0.3, -0.25) is 9.69 Å². The number of hydrogen-bond donors (Lipinski definition) is 2. The number of fused-ring (bicyclic) bond motifs is 1. The third-order valence-electron chi connectivity index (χ3n) is 6.40. The van der Waals surface area contributed by atoms with Crippen LogP contribution in [0, 0.1) is 23.1 Å². The van der Waals surface area contributed by atoms with E-state index < -0.39 is 26.6 Å². The van der Waals surface area contributed by atoms with E-state index in [1.807, 2.05) is 0 Å².